The minimum Gasteiger partial charge on any atom is -0.356 e. The number of aryl methyl sites for hydroxylation is 2. The third-order valence-corrected chi connectivity index (χ3v) is 4.11. The molecular weight excluding hydrogens is 262 g/mol. The van der Waals surface area contributed by atoms with Crippen molar-refractivity contribution in [2.75, 3.05) is 6.54 Å². The zero-order valence-corrected chi connectivity index (χ0v) is 12.2. The quantitative estimate of drug-likeness (QED) is 0.857. The Balaban J connectivity index is 1.52. The Morgan fingerprint density at radius 1 is 1.33 bits per heavy atom. The highest BCUT2D eigenvalue weighted by atomic mass is 16.1. The number of carbonyl (C=O) groups is 1. The van der Waals surface area contributed by atoms with E-state index in [0.29, 0.717) is 6.54 Å². The second kappa shape index (κ2) is 6.57. The molecule has 110 valence electrons. The molecule has 1 aromatic heterocycles. The van der Waals surface area contributed by atoms with E-state index in [0.717, 1.165) is 32.2 Å². The molecule has 0 aliphatic heterocycles. The van der Waals surface area contributed by atoms with E-state index in [1.807, 2.05) is 23.0 Å². The molecule has 1 atom stereocenters. The van der Waals surface area contributed by atoms with Gasteiger partial charge in [-0.3, -0.25) is 9.48 Å². The predicted molar refractivity (Wildman–Crippen MR) is 82.0 cm³/mol. The molecule has 0 fully saturated rings. The van der Waals surface area contributed by atoms with E-state index in [9.17, 15) is 4.79 Å². The molecule has 0 saturated heterocycles. The number of aromatic nitrogens is 2. The summed E-state index contributed by atoms with van der Waals surface area (Å²) in [5.74, 6) is 0.197. The fraction of sp³-hybridized carbons (Fsp3) is 0.412. The van der Waals surface area contributed by atoms with Gasteiger partial charge in [0.1, 0.15) is 0 Å². The highest BCUT2D eigenvalue weighted by molar-refractivity contribution is 5.84. The second-order valence-electron chi connectivity index (χ2n) is 5.56. The Labute approximate surface area is 125 Å². The van der Waals surface area contributed by atoms with Gasteiger partial charge in [0.15, 0.2) is 0 Å². The zero-order chi connectivity index (χ0) is 14.5. The van der Waals surface area contributed by atoms with E-state index < -0.39 is 0 Å². The van der Waals surface area contributed by atoms with Crippen molar-refractivity contribution in [2.24, 2.45) is 0 Å². The van der Waals surface area contributed by atoms with E-state index in [2.05, 4.69) is 28.6 Å². The van der Waals surface area contributed by atoms with Gasteiger partial charge in [-0.15, -0.1) is 0 Å². The maximum atomic E-state index is 12.4. The van der Waals surface area contributed by atoms with Gasteiger partial charge in [-0.2, -0.15) is 5.10 Å². The van der Waals surface area contributed by atoms with Gasteiger partial charge in [0, 0.05) is 25.5 Å². The van der Waals surface area contributed by atoms with Crippen molar-refractivity contribution >= 4 is 5.91 Å². The molecule has 1 aliphatic carbocycles. The van der Waals surface area contributed by atoms with Crippen molar-refractivity contribution in [3.05, 3.63) is 53.9 Å². The first kappa shape index (κ1) is 13.9. The molecule has 3 rings (SSSR count). The van der Waals surface area contributed by atoms with Crippen LogP contribution in [0.1, 0.15) is 36.3 Å². The maximum absolute atomic E-state index is 12.4. The third-order valence-electron chi connectivity index (χ3n) is 4.11. The number of hydrogen-bond acceptors (Lipinski definition) is 2. The predicted octanol–water partition coefficient (Wildman–Crippen LogP) is 2.51. The number of amides is 1. The molecule has 1 N–H and O–H groups in total. The average Bonchev–Trinajstić information content (AvgIpc) is 3.04. The number of fused-ring (bicyclic) bond motifs is 1. The Morgan fingerprint density at radius 3 is 3.10 bits per heavy atom. The molecule has 0 bridgehead atoms. The highest BCUT2D eigenvalue weighted by Gasteiger charge is 2.25. The van der Waals surface area contributed by atoms with E-state index in [1.54, 1.807) is 6.20 Å². The lowest BCUT2D eigenvalue weighted by Gasteiger charge is -2.24. The number of benzene rings is 1. The Hall–Kier alpha value is -2.10. The number of rotatable bonds is 5. The van der Waals surface area contributed by atoms with Crippen LogP contribution in [0.4, 0.5) is 0 Å². The van der Waals surface area contributed by atoms with Gasteiger partial charge in [-0.25, -0.2) is 0 Å². The monoisotopic (exact) mass is 283 g/mol. The lowest BCUT2D eigenvalue weighted by atomic mass is 9.82. The number of nitrogens with one attached hydrogen (secondary N) is 1. The highest BCUT2D eigenvalue weighted by Crippen LogP contribution is 2.31. The summed E-state index contributed by atoms with van der Waals surface area (Å²) in [4.78, 5) is 12.4. The van der Waals surface area contributed by atoms with Crippen molar-refractivity contribution in [1.29, 1.82) is 0 Å². The first-order valence-electron chi connectivity index (χ1n) is 7.67. The molecule has 21 heavy (non-hydrogen) atoms. The molecule has 4 heteroatoms. The molecule has 0 spiro atoms. The SMILES string of the molecule is O=C(NCCCn1cccn1)C1CCCc2ccccc21. The van der Waals surface area contributed by atoms with Crippen LogP contribution in [-0.4, -0.2) is 22.2 Å². The zero-order valence-electron chi connectivity index (χ0n) is 12.2. The van der Waals surface area contributed by atoms with Crippen LogP contribution < -0.4 is 5.32 Å². The largest absolute Gasteiger partial charge is 0.356 e. The third kappa shape index (κ3) is 3.32. The molecule has 0 radical (unpaired) electrons. The Bertz CT molecular complexity index is 592. The second-order valence-corrected chi connectivity index (χ2v) is 5.56. The van der Waals surface area contributed by atoms with Crippen LogP contribution in [0.15, 0.2) is 42.7 Å². The smallest absolute Gasteiger partial charge is 0.227 e. The van der Waals surface area contributed by atoms with Crippen molar-refractivity contribution in [3.8, 4) is 0 Å². The summed E-state index contributed by atoms with van der Waals surface area (Å²) in [6, 6.07) is 10.2. The molecule has 0 saturated carbocycles. The van der Waals surface area contributed by atoms with E-state index >= 15 is 0 Å². The van der Waals surface area contributed by atoms with Gasteiger partial charge < -0.3 is 5.32 Å². The van der Waals surface area contributed by atoms with Gasteiger partial charge in [0.25, 0.3) is 0 Å². The molecule has 1 aromatic carbocycles. The number of carbonyl (C=O) groups excluding carboxylic acids is 1. The van der Waals surface area contributed by atoms with Gasteiger partial charge in [0.2, 0.25) is 5.91 Å². The lowest BCUT2D eigenvalue weighted by molar-refractivity contribution is -0.122. The van der Waals surface area contributed by atoms with Crippen molar-refractivity contribution in [3.63, 3.8) is 0 Å². The Morgan fingerprint density at radius 2 is 2.24 bits per heavy atom. The van der Waals surface area contributed by atoms with Crippen LogP contribution in [0.5, 0.6) is 0 Å². The first-order valence-corrected chi connectivity index (χ1v) is 7.67. The average molecular weight is 283 g/mol. The fourth-order valence-corrected chi connectivity index (χ4v) is 3.03. The molecule has 1 amide bonds. The van der Waals surface area contributed by atoms with E-state index in [1.165, 1.54) is 11.1 Å². The van der Waals surface area contributed by atoms with Crippen LogP contribution >= 0.6 is 0 Å². The van der Waals surface area contributed by atoms with Crippen LogP contribution in [0.25, 0.3) is 0 Å². The topological polar surface area (TPSA) is 46.9 Å². The molecule has 1 aliphatic rings. The van der Waals surface area contributed by atoms with Crippen molar-refractivity contribution in [1.82, 2.24) is 15.1 Å². The van der Waals surface area contributed by atoms with E-state index in [4.69, 9.17) is 0 Å². The lowest BCUT2D eigenvalue weighted by Crippen LogP contribution is -2.32. The standard InChI is InChI=1S/C17H21N3O/c21-17(18-10-4-12-20-13-5-11-19-20)16-9-3-7-14-6-1-2-8-15(14)16/h1-2,5-6,8,11,13,16H,3-4,7,9-10,12H2,(H,18,21). The minimum absolute atomic E-state index is 0.0275. The van der Waals surface area contributed by atoms with Gasteiger partial charge in [-0.05, 0) is 42.9 Å². The van der Waals surface area contributed by atoms with Crippen LogP contribution in [0, 0.1) is 0 Å². The summed E-state index contributed by atoms with van der Waals surface area (Å²) in [6.07, 6.45) is 7.78. The van der Waals surface area contributed by atoms with Crippen molar-refractivity contribution in [2.45, 2.75) is 38.1 Å². The van der Waals surface area contributed by atoms with Gasteiger partial charge >= 0.3 is 0 Å². The molecule has 2 aromatic rings. The van der Waals surface area contributed by atoms with Crippen LogP contribution in [-0.2, 0) is 17.8 Å². The Kier molecular flexibility index (Phi) is 4.34. The summed E-state index contributed by atoms with van der Waals surface area (Å²) in [6.45, 7) is 1.55. The summed E-state index contributed by atoms with van der Waals surface area (Å²) >= 11 is 0. The molecule has 4 nitrogen and oxygen atoms in total. The molecular formula is C17H21N3O. The van der Waals surface area contributed by atoms with Crippen molar-refractivity contribution < 1.29 is 4.79 Å². The maximum Gasteiger partial charge on any atom is 0.227 e. The van der Waals surface area contributed by atoms with Crippen LogP contribution in [0.3, 0.4) is 0 Å². The first-order chi connectivity index (χ1) is 10.3. The summed E-state index contributed by atoms with van der Waals surface area (Å²) in [5, 5.41) is 7.23. The number of nitrogens with zero attached hydrogens (tertiary/aromatic N) is 2. The van der Waals surface area contributed by atoms with Crippen LogP contribution in [0.2, 0.25) is 0 Å². The molecule has 1 heterocycles. The normalized spacial score (nSPS) is 17.2. The fourth-order valence-electron chi connectivity index (χ4n) is 3.03. The summed E-state index contributed by atoms with van der Waals surface area (Å²) in [5.41, 5.74) is 2.55. The summed E-state index contributed by atoms with van der Waals surface area (Å²) < 4.78 is 1.89. The summed E-state index contributed by atoms with van der Waals surface area (Å²) in [7, 11) is 0. The van der Waals surface area contributed by atoms with Gasteiger partial charge in [-0.1, -0.05) is 24.3 Å². The van der Waals surface area contributed by atoms with E-state index in [-0.39, 0.29) is 11.8 Å². The molecule has 1 unspecified atom stereocenters. The number of hydrogen-bond donors (Lipinski definition) is 1. The minimum atomic E-state index is 0.0275. The van der Waals surface area contributed by atoms with Gasteiger partial charge in [0.05, 0.1) is 5.92 Å².